The number of nitro benzene ring substituents is 1. The molecule has 0 aliphatic carbocycles. The molecule has 46 heavy (non-hydrogen) atoms. The number of phenols is 1. The van der Waals surface area contributed by atoms with Crippen LogP contribution in [0, 0.1) is 10.1 Å². The summed E-state index contributed by atoms with van der Waals surface area (Å²) in [6.45, 7) is 2.51. The van der Waals surface area contributed by atoms with Crippen molar-refractivity contribution in [3.8, 4) is 5.75 Å². The highest BCUT2D eigenvalue weighted by Crippen LogP contribution is 2.33. The lowest BCUT2D eigenvalue weighted by Gasteiger charge is -2.16. The first kappa shape index (κ1) is 32.0. The van der Waals surface area contributed by atoms with E-state index in [0.29, 0.717) is 25.9 Å². The summed E-state index contributed by atoms with van der Waals surface area (Å²) in [6, 6.07) is 11.3. The Balaban J connectivity index is 1.15. The maximum absolute atomic E-state index is 12.4. The Morgan fingerprint density at radius 1 is 1.09 bits per heavy atom. The van der Waals surface area contributed by atoms with E-state index < -0.39 is 46.8 Å². The van der Waals surface area contributed by atoms with Crippen molar-refractivity contribution in [2.45, 2.75) is 50.7 Å². The van der Waals surface area contributed by atoms with Gasteiger partial charge in [-0.05, 0) is 43.0 Å². The number of carbonyl (C=O) groups excluding carboxylic acids is 2. The molecule has 3 heterocycles. The number of aromatic nitrogens is 4. The smallest absolute Gasteiger partial charge is 0.312 e. The van der Waals surface area contributed by atoms with Gasteiger partial charge in [0.25, 0.3) is 5.91 Å². The predicted octanol–water partition coefficient (Wildman–Crippen LogP) is 1.00. The second-order valence-corrected chi connectivity index (χ2v) is 10.6. The number of aliphatic hydroxyl groups excluding tert-OH is 2. The standard InChI is InChI=1S/C29H33N9O8/c1-2-31-27(43)24-22(41)23(42)28(46-24)37-14-33-21-25(30)35-29(36-26(21)37)32-12-11-16-5-3-15(4-6-16)7-10-20(40)34-17-8-9-19(39)18(13-17)38(44)45/h3-6,8-9,13-14,22-24,28,39,41-42H,2,7,10-12H2,1H3,(H,31,43)(H,34,40)(H3,30,32,35,36)/t22-,23+,24-,28+/m0/s1. The van der Waals surface area contributed by atoms with Crippen molar-refractivity contribution >= 4 is 46.1 Å². The summed E-state index contributed by atoms with van der Waals surface area (Å²) in [5, 5.41) is 49.9. The molecule has 0 unspecified atom stereocenters. The average Bonchev–Trinajstić information content (AvgIpc) is 3.58. The van der Waals surface area contributed by atoms with Crippen LogP contribution in [0.2, 0.25) is 0 Å². The number of anilines is 3. The quantitative estimate of drug-likeness (QED) is 0.0652. The van der Waals surface area contributed by atoms with E-state index in [1.807, 2.05) is 24.3 Å². The molecule has 4 aromatic rings. The lowest BCUT2D eigenvalue weighted by molar-refractivity contribution is -0.385. The van der Waals surface area contributed by atoms with Gasteiger partial charge in [0.15, 0.2) is 29.5 Å². The lowest BCUT2D eigenvalue weighted by Crippen LogP contribution is -2.42. The summed E-state index contributed by atoms with van der Waals surface area (Å²) in [5.41, 5.74) is 8.30. The predicted molar refractivity (Wildman–Crippen MR) is 165 cm³/mol. The van der Waals surface area contributed by atoms with Crippen LogP contribution in [-0.4, -0.2) is 83.0 Å². The van der Waals surface area contributed by atoms with Gasteiger partial charge in [0.05, 0.1) is 11.3 Å². The van der Waals surface area contributed by atoms with Gasteiger partial charge in [-0.25, -0.2) is 4.98 Å². The number of ether oxygens (including phenoxy) is 1. The second-order valence-electron chi connectivity index (χ2n) is 10.6. The van der Waals surface area contributed by atoms with Crippen molar-refractivity contribution in [3.05, 3.63) is 70.0 Å². The number of nitrogens with one attached hydrogen (secondary N) is 3. The van der Waals surface area contributed by atoms with Crippen molar-refractivity contribution in [2.75, 3.05) is 29.5 Å². The van der Waals surface area contributed by atoms with Crippen LogP contribution in [0.15, 0.2) is 48.8 Å². The zero-order chi connectivity index (χ0) is 33.0. The van der Waals surface area contributed by atoms with Crippen molar-refractivity contribution in [2.24, 2.45) is 0 Å². The van der Waals surface area contributed by atoms with Crippen LogP contribution in [0.3, 0.4) is 0 Å². The number of likely N-dealkylation sites (N-methyl/N-ethyl adjacent to an activating group) is 1. The summed E-state index contributed by atoms with van der Waals surface area (Å²) in [6.07, 6.45) is -2.71. The molecule has 2 amide bonds. The molecule has 0 saturated carbocycles. The number of aryl methyl sites for hydroxylation is 1. The summed E-state index contributed by atoms with van der Waals surface area (Å²) in [5.74, 6) is -1.04. The van der Waals surface area contributed by atoms with Crippen LogP contribution in [-0.2, 0) is 27.2 Å². The number of hydrogen-bond acceptors (Lipinski definition) is 13. The molecular weight excluding hydrogens is 602 g/mol. The summed E-state index contributed by atoms with van der Waals surface area (Å²) >= 11 is 0. The molecule has 5 rings (SSSR count). The Hall–Kier alpha value is -5.39. The minimum absolute atomic E-state index is 0.0941. The van der Waals surface area contributed by atoms with E-state index >= 15 is 0 Å². The minimum atomic E-state index is -1.45. The molecule has 8 N–H and O–H groups in total. The van der Waals surface area contributed by atoms with E-state index in [9.17, 15) is 35.0 Å². The molecule has 17 nitrogen and oxygen atoms in total. The number of amides is 2. The van der Waals surface area contributed by atoms with Crippen LogP contribution in [0.4, 0.5) is 23.1 Å². The van der Waals surface area contributed by atoms with Crippen LogP contribution < -0.4 is 21.7 Å². The number of nitrogen functional groups attached to an aromatic ring is 1. The van der Waals surface area contributed by atoms with Gasteiger partial charge in [-0.15, -0.1) is 0 Å². The third-order valence-corrected chi connectivity index (χ3v) is 7.39. The van der Waals surface area contributed by atoms with E-state index in [1.165, 1.54) is 17.0 Å². The molecule has 1 aliphatic rings. The van der Waals surface area contributed by atoms with Gasteiger partial charge in [-0.1, -0.05) is 24.3 Å². The van der Waals surface area contributed by atoms with Gasteiger partial charge < -0.3 is 41.7 Å². The molecule has 1 saturated heterocycles. The third kappa shape index (κ3) is 6.96. The highest BCUT2D eigenvalue weighted by molar-refractivity contribution is 5.91. The van der Waals surface area contributed by atoms with E-state index in [4.69, 9.17) is 10.5 Å². The van der Waals surface area contributed by atoms with Gasteiger partial charge in [-0.3, -0.25) is 24.3 Å². The number of fused-ring (bicyclic) bond motifs is 1. The Kier molecular flexibility index (Phi) is 9.55. The number of hydrogen-bond donors (Lipinski definition) is 7. The Morgan fingerprint density at radius 3 is 2.50 bits per heavy atom. The number of phenolic OH excluding ortho intramolecular Hbond substituents is 1. The van der Waals surface area contributed by atoms with Gasteiger partial charge in [0.1, 0.15) is 17.7 Å². The maximum atomic E-state index is 12.4. The first-order valence-corrected chi connectivity index (χ1v) is 14.4. The number of nitro groups is 1. The van der Waals surface area contributed by atoms with E-state index in [0.717, 1.165) is 23.3 Å². The number of carbonyl (C=O) groups is 2. The summed E-state index contributed by atoms with van der Waals surface area (Å²) < 4.78 is 7.09. The Labute approximate surface area is 261 Å². The fourth-order valence-electron chi connectivity index (χ4n) is 5.00. The third-order valence-electron chi connectivity index (χ3n) is 7.39. The minimum Gasteiger partial charge on any atom is -0.502 e. The maximum Gasteiger partial charge on any atom is 0.312 e. The first-order valence-electron chi connectivity index (χ1n) is 14.4. The van der Waals surface area contributed by atoms with Crippen molar-refractivity contribution in [1.29, 1.82) is 0 Å². The largest absolute Gasteiger partial charge is 0.502 e. The molecule has 0 spiro atoms. The van der Waals surface area contributed by atoms with Gasteiger partial charge in [0, 0.05) is 31.3 Å². The van der Waals surface area contributed by atoms with E-state index in [2.05, 4.69) is 30.9 Å². The number of nitrogens with zero attached hydrogens (tertiary/aromatic N) is 5. The fourth-order valence-corrected chi connectivity index (χ4v) is 5.00. The highest BCUT2D eigenvalue weighted by atomic mass is 16.6. The van der Waals surface area contributed by atoms with Crippen LogP contribution >= 0.6 is 0 Å². The van der Waals surface area contributed by atoms with Crippen LogP contribution in [0.25, 0.3) is 11.2 Å². The molecular formula is C29H33N9O8. The summed E-state index contributed by atoms with van der Waals surface area (Å²) in [4.78, 5) is 47.8. The molecule has 1 fully saturated rings. The molecule has 2 aromatic carbocycles. The summed E-state index contributed by atoms with van der Waals surface area (Å²) in [7, 11) is 0. The van der Waals surface area contributed by atoms with Gasteiger partial charge in [0.2, 0.25) is 11.9 Å². The van der Waals surface area contributed by atoms with E-state index in [-0.39, 0.29) is 40.9 Å². The van der Waals surface area contributed by atoms with Gasteiger partial charge in [-0.2, -0.15) is 9.97 Å². The SMILES string of the molecule is CCNC(=O)[C@H]1O[C@@H](n2cnc3c(N)nc(NCCc4ccc(CCC(=O)Nc5ccc(O)c([N+](=O)[O-])c5)cc4)nc32)[C@H](O)[C@@H]1O. The molecule has 0 bridgehead atoms. The normalized spacial score (nSPS) is 19.2. The number of aromatic hydroxyl groups is 1. The number of rotatable bonds is 12. The van der Waals surface area contributed by atoms with Crippen LogP contribution in [0.5, 0.6) is 5.75 Å². The molecule has 242 valence electrons. The van der Waals surface area contributed by atoms with Crippen molar-refractivity contribution < 1.29 is 34.6 Å². The van der Waals surface area contributed by atoms with Gasteiger partial charge >= 0.3 is 5.69 Å². The Morgan fingerprint density at radius 2 is 1.80 bits per heavy atom. The number of benzene rings is 2. The van der Waals surface area contributed by atoms with Crippen molar-refractivity contribution in [1.82, 2.24) is 24.8 Å². The first-order chi connectivity index (χ1) is 22.0. The highest BCUT2D eigenvalue weighted by Gasteiger charge is 2.47. The average molecular weight is 636 g/mol. The Bertz CT molecular complexity index is 1750. The fraction of sp³-hybridized carbons (Fsp3) is 0.345. The molecule has 17 heteroatoms. The zero-order valence-electron chi connectivity index (χ0n) is 24.7. The molecule has 2 aromatic heterocycles. The molecule has 4 atom stereocenters. The van der Waals surface area contributed by atoms with E-state index in [1.54, 1.807) is 6.92 Å². The van der Waals surface area contributed by atoms with Crippen LogP contribution in [0.1, 0.15) is 30.7 Å². The number of aliphatic hydroxyl groups is 2. The second kappa shape index (κ2) is 13.7. The topological polar surface area (TPSA) is 253 Å². The molecule has 0 radical (unpaired) electrons. The monoisotopic (exact) mass is 635 g/mol. The number of imidazole rings is 1. The van der Waals surface area contributed by atoms with Crippen molar-refractivity contribution in [3.63, 3.8) is 0 Å². The zero-order valence-corrected chi connectivity index (χ0v) is 24.7. The molecule has 1 aliphatic heterocycles. The lowest BCUT2D eigenvalue weighted by atomic mass is 10.1. The number of nitrogens with two attached hydrogens (primary N) is 1.